The van der Waals surface area contributed by atoms with E-state index in [4.69, 9.17) is 4.74 Å². The lowest BCUT2D eigenvalue weighted by Gasteiger charge is -2.13. The minimum Gasteiger partial charge on any atom is -0.482 e. The SMILES string of the molecule is CC(=O)Nc1ccc(C)cc1OCC(=O)Nc1ccc(C(F)(F)F)cc1. The highest BCUT2D eigenvalue weighted by Crippen LogP contribution is 2.30. The van der Waals surface area contributed by atoms with Crippen LogP contribution in [-0.4, -0.2) is 18.4 Å². The van der Waals surface area contributed by atoms with Crippen molar-refractivity contribution in [3.05, 3.63) is 53.6 Å². The second kappa shape index (κ2) is 7.90. The van der Waals surface area contributed by atoms with Crippen LogP contribution in [0.4, 0.5) is 24.5 Å². The highest BCUT2D eigenvalue weighted by molar-refractivity contribution is 5.93. The maximum atomic E-state index is 12.5. The first-order valence-electron chi connectivity index (χ1n) is 7.63. The van der Waals surface area contributed by atoms with Crippen molar-refractivity contribution >= 4 is 23.2 Å². The number of rotatable bonds is 5. The topological polar surface area (TPSA) is 67.4 Å². The zero-order valence-corrected chi connectivity index (χ0v) is 14.1. The van der Waals surface area contributed by atoms with Crippen LogP contribution in [0.5, 0.6) is 5.75 Å². The molecule has 0 atom stereocenters. The molecule has 5 nitrogen and oxygen atoms in total. The molecule has 0 saturated carbocycles. The van der Waals surface area contributed by atoms with E-state index in [1.807, 2.05) is 6.92 Å². The number of carbonyl (C=O) groups excluding carboxylic acids is 2. The summed E-state index contributed by atoms with van der Waals surface area (Å²) in [7, 11) is 0. The first-order valence-corrected chi connectivity index (χ1v) is 7.63. The Morgan fingerprint density at radius 3 is 2.27 bits per heavy atom. The fourth-order valence-electron chi connectivity index (χ4n) is 2.12. The molecule has 0 spiro atoms. The van der Waals surface area contributed by atoms with E-state index in [2.05, 4.69) is 10.6 Å². The highest BCUT2D eigenvalue weighted by atomic mass is 19.4. The Kier molecular flexibility index (Phi) is 5.86. The van der Waals surface area contributed by atoms with Crippen molar-refractivity contribution in [2.24, 2.45) is 0 Å². The summed E-state index contributed by atoms with van der Waals surface area (Å²) in [6, 6.07) is 9.18. The second-order valence-corrected chi connectivity index (χ2v) is 5.59. The molecule has 8 heteroatoms. The van der Waals surface area contributed by atoms with E-state index in [0.717, 1.165) is 29.8 Å². The summed E-state index contributed by atoms with van der Waals surface area (Å²) in [5.74, 6) is -0.504. The van der Waals surface area contributed by atoms with Gasteiger partial charge in [0.1, 0.15) is 5.75 Å². The van der Waals surface area contributed by atoms with E-state index in [0.29, 0.717) is 11.4 Å². The summed E-state index contributed by atoms with van der Waals surface area (Å²) >= 11 is 0. The average Bonchev–Trinajstić information content (AvgIpc) is 2.54. The normalized spacial score (nSPS) is 11.0. The molecular weight excluding hydrogens is 349 g/mol. The van der Waals surface area contributed by atoms with E-state index < -0.39 is 17.6 Å². The van der Waals surface area contributed by atoms with Crippen LogP contribution >= 0.6 is 0 Å². The summed E-state index contributed by atoms with van der Waals surface area (Å²) in [6.07, 6.45) is -4.43. The molecule has 2 amide bonds. The monoisotopic (exact) mass is 366 g/mol. The number of carbonyl (C=O) groups is 2. The average molecular weight is 366 g/mol. The molecule has 0 saturated heterocycles. The van der Waals surface area contributed by atoms with Crippen LogP contribution in [0.15, 0.2) is 42.5 Å². The van der Waals surface area contributed by atoms with Crippen molar-refractivity contribution in [2.45, 2.75) is 20.0 Å². The Morgan fingerprint density at radius 1 is 1.04 bits per heavy atom. The summed E-state index contributed by atoms with van der Waals surface area (Å²) in [4.78, 5) is 23.1. The number of hydrogen-bond donors (Lipinski definition) is 2. The molecule has 138 valence electrons. The lowest BCUT2D eigenvalue weighted by molar-refractivity contribution is -0.137. The Balaban J connectivity index is 1.99. The van der Waals surface area contributed by atoms with Gasteiger partial charge < -0.3 is 15.4 Å². The Labute approximate surface area is 148 Å². The molecule has 0 aliphatic rings. The van der Waals surface area contributed by atoms with Crippen molar-refractivity contribution in [3.63, 3.8) is 0 Å². The molecule has 2 N–H and O–H groups in total. The van der Waals surface area contributed by atoms with E-state index >= 15 is 0 Å². The number of anilines is 2. The molecule has 0 bridgehead atoms. The summed E-state index contributed by atoms with van der Waals surface area (Å²) < 4.78 is 43.0. The molecule has 2 aromatic rings. The largest absolute Gasteiger partial charge is 0.482 e. The molecule has 0 fully saturated rings. The molecule has 2 aromatic carbocycles. The maximum Gasteiger partial charge on any atom is 0.416 e. The smallest absolute Gasteiger partial charge is 0.416 e. The van der Waals surface area contributed by atoms with Crippen LogP contribution in [0.25, 0.3) is 0 Å². The number of alkyl halides is 3. The predicted octanol–water partition coefficient (Wildman–Crippen LogP) is 3.99. The van der Waals surface area contributed by atoms with Crippen molar-refractivity contribution in [2.75, 3.05) is 17.2 Å². The minimum absolute atomic E-state index is 0.220. The quantitative estimate of drug-likeness (QED) is 0.841. The standard InChI is InChI=1S/C18H17F3N2O3/c1-11-3-8-15(22-12(2)24)16(9-11)26-10-17(25)23-14-6-4-13(5-7-14)18(19,20)21/h3-9H,10H2,1-2H3,(H,22,24)(H,23,25). The van der Waals surface area contributed by atoms with Gasteiger partial charge in [-0.1, -0.05) is 6.07 Å². The van der Waals surface area contributed by atoms with Crippen LogP contribution in [-0.2, 0) is 15.8 Å². The maximum absolute atomic E-state index is 12.5. The van der Waals surface area contributed by atoms with Crippen LogP contribution in [0, 0.1) is 6.92 Å². The predicted molar refractivity (Wildman–Crippen MR) is 91.1 cm³/mol. The van der Waals surface area contributed by atoms with E-state index in [1.54, 1.807) is 18.2 Å². The van der Waals surface area contributed by atoms with Crippen LogP contribution in [0.1, 0.15) is 18.1 Å². The second-order valence-electron chi connectivity index (χ2n) is 5.59. The number of hydrogen-bond acceptors (Lipinski definition) is 3. The molecule has 26 heavy (non-hydrogen) atoms. The van der Waals surface area contributed by atoms with Crippen molar-refractivity contribution in [3.8, 4) is 5.75 Å². The van der Waals surface area contributed by atoms with Gasteiger partial charge in [-0.15, -0.1) is 0 Å². The number of ether oxygens (including phenoxy) is 1. The zero-order chi connectivity index (χ0) is 19.3. The third-order valence-corrected chi connectivity index (χ3v) is 3.30. The van der Waals surface area contributed by atoms with Gasteiger partial charge in [0.15, 0.2) is 6.61 Å². The molecule has 0 aromatic heterocycles. The first kappa shape index (κ1) is 19.3. The van der Waals surface area contributed by atoms with Crippen molar-refractivity contribution < 1.29 is 27.5 Å². The van der Waals surface area contributed by atoms with Gasteiger partial charge in [-0.2, -0.15) is 13.2 Å². The fraction of sp³-hybridized carbons (Fsp3) is 0.222. The number of halogens is 3. The Morgan fingerprint density at radius 2 is 1.69 bits per heavy atom. The van der Waals surface area contributed by atoms with E-state index in [1.165, 1.54) is 6.92 Å². The van der Waals surface area contributed by atoms with Crippen LogP contribution in [0.2, 0.25) is 0 Å². The van der Waals surface area contributed by atoms with Gasteiger partial charge in [0.25, 0.3) is 5.91 Å². The number of benzene rings is 2. The third kappa shape index (κ3) is 5.51. The van der Waals surface area contributed by atoms with Crippen molar-refractivity contribution in [1.29, 1.82) is 0 Å². The van der Waals surface area contributed by atoms with Gasteiger partial charge in [-0.05, 0) is 48.9 Å². The van der Waals surface area contributed by atoms with Gasteiger partial charge in [0.05, 0.1) is 11.3 Å². The Bertz CT molecular complexity index is 802. The van der Waals surface area contributed by atoms with Crippen molar-refractivity contribution in [1.82, 2.24) is 0 Å². The fourth-order valence-corrected chi connectivity index (χ4v) is 2.12. The number of nitrogens with one attached hydrogen (secondary N) is 2. The number of aryl methyl sites for hydroxylation is 1. The summed E-state index contributed by atoms with van der Waals surface area (Å²) in [6.45, 7) is 2.81. The molecule has 0 aliphatic heterocycles. The molecule has 0 heterocycles. The lowest BCUT2D eigenvalue weighted by Crippen LogP contribution is -2.21. The molecule has 0 aliphatic carbocycles. The third-order valence-electron chi connectivity index (χ3n) is 3.30. The first-order chi connectivity index (χ1) is 12.1. The lowest BCUT2D eigenvalue weighted by atomic mass is 10.2. The molecular formula is C18H17F3N2O3. The summed E-state index contributed by atoms with van der Waals surface area (Å²) in [5, 5.41) is 5.04. The zero-order valence-electron chi connectivity index (χ0n) is 14.1. The van der Waals surface area contributed by atoms with Gasteiger partial charge >= 0.3 is 6.18 Å². The van der Waals surface area contributed by atoms with Gasteiger partial charge in [0.2, 0.25) is 5.91 Å². The van der Waals surface area contributed by atoms with Crippen LogP contribution < -0.4 is 15.4 Å². The highest BCUT2D eigenvalue weighted by Gasteiger charge is 2.29. The minimum atomic E-state index is -4.43. The molecule has 2 rings (SSSR count). The van der Waals surface area contributed by atoms with E-state index in [-0.39, 0.29) is 18.2 Å². The number of amides is 2. The Hall–Kier alpha value is -3.03. The van der Waals surface area contributed by atoms with Gasteiger partial charge in [-0.3, -0.25) is 9.59 Å². The summed E-state index contributed by atoms with van der Waals surface area (Å²) in [5.41, 5.74) is 0.715. The molecule has 0 unspecified atom stereocenters. The van der Waals surface area contributed by atoms with Crippen LogP contribution in [0.3, 0.4) is 0 Å². The van der Waals surface area contributed by atoms with Gasteiger partial charge in [-0.25, -0.2) is 0 Å². The molecule has 0 radical (unpaired) electrons. The van der Waals surface area contributed by atoms with E-state index in [9.17, 15) is 22.8 Å². The van der Waals surface area contributed by atoms with Gasteiger partial charge in [0, 0.05) is 12.6 Å².